The molecule has 0 radical (unpaired) electrons. The molecule has 2 aromatic carbocycles. The molecule has 0 bridgehead atoms. The van der Waals surface area contributed by atoms with Crippen LogP contribution in [0.2, 0.25) is 0 Å². The van der Waals surface area contributed by atoms with Crippen molar-refractivity contribution in [1.29, 1.82) is 0 Å². The van der Waals surface area contributed by atoms with Gasteiger partial charge in [0.15, 0.2) is 5.78 Å². The molecule has 0 saturated heterocycles. The molecule has 0 unspecified atom stereocenters. The lowest BCUT2D eigenvalue weighted by Crippen LogP contribution is -1.95. The average Bonchev–Trinajstić information content (AvgIpc) is 2.48. The van der Waals surface area contributed by atoms with Gasteiger partial charge in [0, 0.05) is 5.56 Å². The molecule has 0 aliphatic carbocycles. The molecule has 102 valence electrons. The summed E-state index contributed by atoms with van der Waals surface area (Å²) in [6.45, 7) is 4.08. The molecule has 2 aromatic rings. The topological polar surface area (TPSA) is 26.3 Å². The number of benzene rings is 2. The summed E-state index contributed by atoms with van der Waals surface area (Å²) in [4.78, 5) is 12.1. The van der Waals surface area contributed by atoms with Gasteiger partial charge in [-0.05, 0) is 43.2 Å². The van der Waals surface area contributed by atoms with Crippen molar-refractivity contribution in [2.75, 3.05) is 7.11 Å². The molecule has 0 saturated carbocycles. The highest BCUT2D eigenvalue weighted by atomic mass is 16.5. The minimum atomic E-state index is -0.0233. The highest BCUT2D eigenvalue weighted by Gasteiger charge is 2.03. The molecule has 2 rings (SSSR count). The van der Waals surface area contributed by atoms with Crippen LogP contribution in [0.3, 0.4) is 0 Å². The summed E-state index contributed by atoms with van der Waals surface area (Å²) < 4.78 is 5.13. The maximum absolute atomic E-state index is 12.1. The lowest BCUT2D eigenvalue weighted by atomic mass is 10.0. The van der Waals surface area contributed by atoms with Crippen LogP contribution >= 0.6 is 0 Å². The summed E-state index contributed by atoms with van der Waals surface area (Å²) in [5.41, 5.74) is 4.04. The van der Waals surface area contributed by atoms with Crippen LogP contribution in [0.4, 0.5) is 0 Å². The first-order valence-electron chi connectivity index (χ1n) is 6.54. The van der Waals surface area contributed by atoms with Crippen molar-refractivity contribution in [2.45, 2.75) is 13.8 Å². The number of carbonyl (C=O) groups excluding carboxylic acids is 1. The fourth-order valence-electron chi connectivity index (χ4n) is 1.98. The van der Waals surface area contributed by atoms with Gasteiger partial charge in [0.05, 0.1) is 7.11 Å². The summed E-state index contributed by atoms with van der Waals surface area (Å²) in [6.07, 6.45) is 3.47. The number of ketones is 1. The first-order valence-corrected chi connectivity index (χ1v) is 6.54. The Morgan fingerprint density at radius 2 is 1.90 bits per heavy atom. The van der Waals surface area contributed by atoms with E-state index in [-0.39, 0.29) is 5.78 Å². The van der Waals surface area contributed by atoms with Crippen LogP contribution in [0.5, 0.6) is 5.75 Å². The van der Waals surface area contributed by atoms with E-state index in [0.717, 1.165) is 11.1 Å². The van der Waals surface area contributed by atoms with Gasteiger partial charge in [-0.15, -0.1) is 0 Å². The second kappa shape index (κ2) is 6.20. The predicted molar refractivity (Wildman–Crippen MR) is 82.3 cm³/mol. The first-order chi connectivity index (χ1) is 9.60. The fraction of sp³-hybridized carbons (Fsp3) is 0.167. The van der Waals surface area contributed by atoms with Gasteiger partial charge in [0.1, 0.15) is 5.75 Å². The molecule has 0 aliphatic heterocycles. The van der Waals surface area contributed by atoms with E-state index >= 15 is 0 Å². The van der Waals surface area contributed by atoms with Crippen molar-refractivity contribution in [3.8, 4) is 5.75 Å². The molecule has 0 N–H and O–H groups in total. The Morgan fingerprint density at radius 1 is 1.10 bits per heavy atom. The van der Waals surface area contributed by atoms with Crippen LogP contribution < -0.4 is 4.74 Å². The molecular weight excluding hydrogens is 248 g/mol. The smallest absolute Gasteiger partial charge is 0.185 e. The molecule has 0 aromatic heterocycles. The zero-order chi connectivity index (χ0) is 14.5. The maximum atomic E-state index is 12.1. The number of ether oxygens (including phenoxy) is 1. The number of hydrogen-bond donors (Lipinski definition) is 0. The van der Waals surface area contributed by atoms with Gasteiger partial charge in [-0.3, -0.25) is 4.79 Å². The number of hydrogen-bond acceptors (Lipinski definition) is 2. The Balaban J connectivity index is 2.22. The predicted octanol–water partition coefficient (Wildman–Crippen LogP) is 4.21. The summed E-state index contributed by atoms with van der Waals surface area (Å²) >= 11 is 0. The highest BCUT2D eigenvalue weighted by molar-refractivity contribution is 6.07. The highest BCUT2D eigenvalue weighted by Crippen LogP contribution is 2.15. The van der Waals surface area contributed by atoms with Crippen LogP contribution in [0.25, 0.3) is 6.08 Å². The Hall–Kier alpha value is -2.35. The second-order valence-corrected chi connectivity index (χ2v) is 4.79. The van der Waals surface area contributed by atoms with Crippen molar-refractivity contribution in [3.63, 3.8) is 0 Å². The largest absolute Gasteiger partial charge is 0.497 e. The number of allylic oxidation sites excluding steroid dienone is 1. The Morgan fingerprint density at radius 3 is 2.65 bits per heavy atom. The third-order valence-corrected chi connectivity index (χ3v) is 3.20. The van der Waals surface area contributed by atoms with Crippen LogP contribution in [0.1, 0.15) is 27.0 Å². The summed E-state index contributed by atoms with van der Waals surface area (Å²) in [7, 11) is 1.59. The monoisotopic (exact) mass is 266 g/mol. The minimum Gasteiger partial charge on any atom is -0.497 e. The van der Waals surface area contributed by atoms with E-state index in [4.69, 9.17) is 4.74 Å². The molecule has 2 nitrogen and oxygen atoms in total. The van der Waals surface area contributed by atoms with E-state index < -0.39 is 0 Å². The Bertz CT molecular complexity index is 654. The van der Waals surface area contributed by atoms with Gasteiger partial charge in [0.2, 0.25) is 0 Å². The van der Waals surface area contributed by atoms with Crippen molar-refractivity contribution < 1.29 is 9.53 Å². The van der Waals surface area contributed by atoms with Crippen LogP contribution in [-0.2, 0) is 0 Å². The zero-order valence-electron chi connectivity index (χ0n) is 12.0. The van der Waals surface area contributed by atoms with E-state index in [2.05, 4.69) is 18.2 Å². The Labute approximate surface area is 119 Å². The second-order valence-electron chi connectivity index (χ2n) is 4.79. The average molecular weight is 266 g/mol. The molecule has 2 heteroatoms. The van der Waals surface area contributed by atoms with Crippen molar-refractivity contribution in [2.24, 2.45) is 0 Å². The quantitative estimate of drug-likeness (QED) is 0.612. The third kappa shape index (κ3) is 3.35. The standard InChI is InChI=1S/C18H18O2/c1-13-7-8-14(2)15(11-13)9-10-18(19)16-5-4-6-17(12-16)20-3/h4-12H,1-3H3/b10-9+. The van der Waals surface area contributed by atoms with E-state index in [1.165, 1.54) is 5.56 Å². The number of carbonyl (C=O) groups is 1. The molecular formula is C18H18O2. The zero-order valence-corrected chi connectivity index (χ0v) is 12.0. The first kappa shape index (κ1) is 14.1. The van der Waals surface area contributed by atoms with E-state index in [1.807, 2.05) is 32.1 Å². The molecule has 20 heavy (non-hydrogen) atoms. The van der Waals surface area contributed by atoms with E-state index in [0.29, 0.717) is 11.3 Å². The summed E-state index contributed by atoms with van der Waals surface area (Å²) in [5, 5.41) is 0. The lowest BCUT2D eigenvalue weighted by molar-refractivity contribution is 0.104. The van der Waals surface area contributed by atoms with Gasteiger partial charge < -0.3 is 4.74 Å². The Kier molecular flexibility index (Phi) is 4.36. The maximum Gasteiger partial charge on any atom is 0.185 e. The van der Waals surface area contributed by atoms with Crippen LogP contribution in [0.15, 0.2) is 48.5 Å². The molecule has 0 aliphatic rings. The molecule has 0 heterocycles. The molecule has 0 fully saturated rings. The molecule has 0 atom stereocenters. The van der Waals surface area contributed by atoms with E-state index in [1.54, 1.807) is 25.3 Å². The van der Waals surface area contributed by atoms with Gasteiger partial charge in [-0.25, -0.2) is 0 Å². The van der Waals surface area contributed by atoms with Crippen molar-refractivity contribution >= 4 is 11.9 Å². The van der Waals surface area contributed by atoms with Crippen LogP contribution in [-0.4, -0.2) is 12.9 Å². The fourth-order valence-corrected chi connectivity index (χ4v) is 1.98. The van der Waals surface area contributed by atoms with Crippen LogP contribution in [0, 0.1) is 13.8 Å². The van der Waals surface area contributed by atoms with Gasteiger partial charge in [-0.2, -0.15) is 0 Å². The van der Waals surface area contributed by atoms with Crippen molar-refractivity contribution in [3.05, 3.63) is 70.8 Å². The minimum absolute atomic E-state index is 0.0233. The summed E-state index contributed by atoms with van der Waals surface area (Å²) in [6, 6.07) is 13.4. The number of aryl methyl sites for hydroxylation is 2. The SMILES string of the molecule is COc1cccc(C(=O)/C=C/c2cc(C)ccc2C)c1. The number of rotatable bonds is 4. The molecule has 0 spiro atoms. The normalized spacial score (nSPS) is 10.8. The van der Waals surface area contributed by atoms with Crippen molar-refractivity contribution in [1.82, 2.24) is 0 Å². The van der Waals surface area contributed by atoms with Gasteiger partial charge >= 0.3 is 0 Å². The summed E-state index contributed by atoms with van der Waals surface area (Å²) in [5.74, 6) is 0.667. The third-order valence-electron chi connectivity index (χ3n) is 3.20. The lowest BCUT2D eigenvalue weighted by Gasteiger charge is -2.03. The van der Waals surface area contributed by atoms with E-state index in [9.17, 15) is 4.79 Å². The van der Waals surface area contributed by atoms with Gasteiger partial charge in [-0.1, -0.05) is 42.0 Å². The van der Waals surface area contributed by atoms with Gasteiger partial charge in [0.25, 0.3) is 0 Å². The molecule has 0 amide bonds. The number of methoxy groups -OCH3 is 1.